The van der Waals surface area contributed by atoms with Gasteiger partial charge in [0.05, 0.1) is 10.5 Å². The van der Waals surface area contributed by atoms with Crippen molar-refractivity contribution in [2.24, 2.45) is 0 Å². The first kappa shape index (κ1) is 20.4. The van der Waals surface area contributed by atoms with E-state index in [0.29, 0.717) is 11.1 Å². The molecule has 0 aliphatic carbocycles. The zero-order chi connectivity index (χ0) is 19.4. The number of carbonyl (C=O) groups excluding carboxylic acids is 2. The van der Waals surface area contributed by atoms with Gasteiger partial charge in [-0.15, -0.1) is 0 Å². The van der Waals surface area contributed by atoms with Crippen LogP contribution in [0.3, 0.4) is 0 Å². The average molecular weight is 351 g/mol. The number of rotatable bonds is 5. The third-order valence-electron chi connectivity index (χ3n) is 3.19. The summed E-state index contributed by atoms with van der Waals surface area (Å²) in [6.45, 7) is 10.6. The van der Waals surface area contributed by atoms with Crippen LogP contribution in [0.15, 0.2) is 18.2 Å². The largest absolute Gasteiger partial charge is 0.444 e. The number of carbonyl (C=O) groups is 2. The number of nitrogens with zero attached hydrogens (tertiary/aromatic N) is 1. The van der Waals surface area contributed by atoms with E-state index in [1.807, 2.05) is 0 Å². The summed E-state index contributed by atoms with van der Waals surface area (Å²) in [6.07, 6.45) is -0.568. The normalized spacial score (nSPS) is 11.6. The minimum absolute atomic E-state index is 0.0695. The molecule has 2 amide bonds. The Morgan fingerprint density at radius 3 is 2.28 bits per heavy atom. The van der Waals surface area contributed by atoms with E-state index in [0.717, 1.165) is 0 Å². The minimum Gasteiger partial charge on any atom is -0.444 e. The number of benzene rings is 1. The molecule has 0 unspecified atom stereocenters. The maximum Gasteiger partial charge on any atom is 0.407 e. The fourth-order valence-corrected chi connectivity index (χ4v) is 2.04. The molecule has 0 fully saturated rings. The molecule has 0 aliphatic rings. The van der Waals surface area contributed by atoms with Gasteiger partial charge in [-0.1, -0.05) is 0 Å². The quantitative estimate of drug-likeness (QED) is 0.626. The van der Waals surface area contributed by atoms with Gasteiger partial charge < -0.3 is 15.4 Å². The minimum atomic E-state index is -0.734. The predicted molar refractivity (Wildman–Crippen MR) is 93.6 cm³/mol. The van der Waals surface area contributed by atoms with Crippen molar-refractivity contribution in [2.45, 2.75) is 52.7 Å². The molecule has 25 heavy (non-hydrogen) atoms. The SMILES string of the molecule is Cc1cc([N+](=O)[O-])ccc1C(=O)NC(C)(C)CNC(=O)OC(C)(C)C. The molecule has 1 rings (SSSR count). The second-order valence-corrected chi connectivity index (χ2v) is 7.45. The van der Waals surface area contributed by atoms with Gasteiger partial charge in [-0.05, 0) is 53.2 Å². The number of aryl methyl sites for hydroxylation is 1. The highest BCUT2D eigenvalue weighted by Gasteiger charge is 2.25. The van der Waals surface area contributed by atoms with Crippen LogP contribution >= 0.6 is 0 Å². The smallest absolute Gasteiger partial charge is 0.407 e. The van der Waals surface area contributed by atoms with Crippen molar-refractivity contribution in [1.29, 1.82) is 0 Å². The molecular formula is C17H25N3O5. The lowest BCUT2D eigenvalue weighted by Crippen LogP contribution is -2.52. The molecule has 1 aromatic rings. The van der Waals surface area contributed by atoms with Crippen LogP contribution in [0.5, 0.6) is 0 Å². The van der Waals surface area contributed by atoms with E-state index < -0.39 is 22.2 Å². The summed E-state index contributed by atoms with van der Waals surface area (Å²) in [5.41, 5.74) is -0.561. The van der Waals surface area contributed by atoms with Crippen LogP contribution in [0.4, 0.5) is 10.5 Å². The zero-order valence-electron chi connectivity index (χ0n) is 15.4. The molecule has 0 bridgehead atoms. The molecule has 8 nitrogen and oxygen atoms in total. The number of nitro benzene ring substituents is 1. The van der Waals surface area contributed by atoms with E-state index >= 15 is 0 Å². The van der Waals surface area contributed by atoms with E-state index in [9.17, 15) is 19.7 Å². The average Bonchev–Trinajstić information content (AvgIpc) is 2.42. The van der Waals surface area contributed by atoms with Crippen LogP contribution < -0.4 is 10.6 Å². The Morgan fingerprint density at radius 1 is 1.20 bits per heavy atom. The number of hydrogen-bond acceptors (Lipinski definition) is 5. The van der Waals surface area contributed by atoms with Crippen LogP contribution in [0, 0.1) is 17.0 Å². The van der Waals surface area contributed by atoms with E-state index in [2.05, 4.69) is 10.6 Å². The number of alkyl carbamates (subject to hydrolysis) is 1. The monoisotopic (exact) mass is 351 g/mol. The lowest BCUT2D eigenvalue weighted by molar-refractivity contribution is -0.384. The van der Waals surface area contributed by atoms with Crippen LogP contribution in [-0.2, 0) is 4.74 Å². The fourth-order valence-electron chi connectivity index (χ4n) is 2.04. The van der Waals surface area contributed by atoms with E-state index in [-0.39, 0.29) is 18.1 Å². The Hall–Kier alpha value is -2.64. The third-order valence-corrected chi connectivity index (χ3v) is 3.19. The van der Waals surface area contributed by atoms with Gasteiger partial charge in [0.15, 0.2) is 0 Å². The second kappa shape index (κ2) is 7.50. The highest BCUT2D eigenvalue weighted by atomic mass is 16.6. The lowest BCUT2D eigenvalue weighted by Gasteiger charge is -2.28. The van der Waals surface area contributed by atoms with Crippen molar-refractivity contribution in [1.82, 2.24) is 10.6 Å². The van der Waals surface area contributed by atoms with Crippen LogP contribution in [0.1, 0.15) is 50.5 Å². The van der Waals surface area contributed by atoms with Crippen molar-refractivity contribution in [3.63, 3.8) is 0 Å². The molecule has 0 aromatic heterocycles. The molecule has 0 atom stereocenters. The second-order valence-electron chi connectivity index (χ2n) is 7.45. The van der Waals surface area contributed by atoms with Crippen molar-refractivity contribution in [2.75, 3.05) is 6.54 Å². The standard InChI is InChI=1S/C17H25N3O5/c1-11-9-12(20(23)24)7-8-13(11)14(21)19-17(5,6)10-18-15(22)25-16(2,3)4/h7-9H,10H2,1-6H3,(H,18,22)(H,19,21). The Labute approximate surface area is 147 Å². The van der Waals surface area contributed by atoms with Crippen LogP contribution in [0.2, 0.25) is 0 Å². The number of amides is 2. The molecule has 0 saturated heterocycles. The van der Waals surface area contributed by atoms with Gasteiger partial charge in [0.1, 0.15) is 5.60 Å². The molecule has 0 heterocycles. The number of ether oxygens (including phenoxy) is 1. The van der Waals surface area contributed by atoms with Crippen LogP contribution in [0.25, 0.3) is 0 Å². The predicted octanol–water partition coefficient (Wildman–Crippen LogP) is 2.94. The maximum atomic E-state index is 12.4. The van der Waals surface area contributed by atoms with E-state index in [4.69, 9.17) is 4.74 Å². The Kier molecular flexibility index (Phi) is 6.12. The number of nitro groups is 1. The molecule has 0 saturated carbocycles. The van der Waals surface area contributed by atoms with Crippen molar-refractivity contribution in [3.05, 3.63) is 39.4 Å². The van der Waals surface area contributed by atoms with E-state index in [1.54, 1.807) is 41.5 Å². The van der Waals surface area contributed by atoms with E-state index in [1.165, 1.54) is 18.2 Å². The third kappa shape index (κ3) is 6.78. The summed E-state index contributed by atoms with van der Waals surface area (Å²) in [7, 11) is 0. The Morgan fingerprint density at radius 2 is 1.80 bits per heavy atom. The topological polar surface area (TPSA) is 111 Å². The lowest BCUT2D eigenvalue weighted by atomic mass is 10.0. The fraction of sp³-hybridized carbons (Fsp3) is 0.529. The molecule has 1 aromatic carbocycles. The first-order valence-electron chi connectivity index (χ1n) is 7.85. The summed E-state index contributed by atoms with van der Waals surface area (Å²) in [6, 6.07) is 4.05. The summed E-state index contributed by atoms with van der Waals surface area (Å²) < 4.78 is 5.15. The molecule has 8 heteroatoms. The van der Waals surface area contributed by atoms with Crippen molar-refractivity contribution < 1.29 is 19.2 Å². The van der Waals surface area contributed by atoms with Crippen LogP contribution in [-0.4, -0.2) is 34.6 Å². The maximum absolute atomic E-state index is 12.4. The molecule has 2 N–H and O–H groups in total. The molecule has 0 spiro atoms. The number of hydrogen-bond donors (Lipinski definition) is 2. The van der Waals surface area contributed by atoms with Gasteiger partial charge in [-0.25, -0.2) is 4.79 Å². The van der Waals surface area contributed by atoms with Gasteiger partial charge in [0.2, 0.25) is 0 Å². The summed E-state index contributed by atoms with van der Waals surface area (Å²) >= 11 is 0. The Balaban J connectivity index is 2.71. The summed E-state index contributed by atoms with van der Waals surface area (Å²) in [5, 5.41) is 16.2. The zero-order valence-corrected chi connectivity index (χ0v) is 15.4. The Bertz CT molecular complexity index is 677. The summed E-state index contributed by atoms with van der Waals surface area (Å²) in [5.74, 6) is -0.372. The number of nitrogens with one attached hydrogen (secondary N) is 2. The van der Waals surface area contributed by atoms with Gasteiger partial charge in [-0.3, -0.25) is 14.9 Å². The highest BCUT2D eigenvalue weighted by Crippen LogP contribution is 2.18. The van der Waals surface area contributed by atoms with Gasteiger partial charge in [0, 0.05) is 24.2 Å². The molecule has 0 radical (unpaired) electrons. The molecule has 0 aliphatic heterocycles. The van der Waals surface area contributed by atoms with Gasteiger partial charge >= 0.3 is 6.09 Å². The first-order valence-corrected chi connectivity index (χ1v) is 7.85. The number of non-ortho nitro benzene ring substituents is 1. The van der Waals surface area contributed by atoms with Crippen molar-refractivity contribution in [3.8, 4) is 0 Å². The molecular weight excluding hydrogens is 326 g/mol. The van der Waals surface area contributed by atoms with Gasteiger partial charge in [-0.2, -0.15) is 0 Å². The summed E-state index contributed by atoms with van der Waals surface area (Å²) in [4.78, 5) is 34.4. The first-order chi connectivity index (χ1) is 11.3. The van der Waals surface area contributed by atoms with Gasteiger partial charge in [0.25, 0.3) is 11.6 Å². The highest BCUT2D eigenvalue weighted by molar-refractivity contribution is 5.96. The van der Waals surface area contributed by atoms with Crippen molar-refractivity contribution >= 4 is 17.7 Å². The molecule has 138 valence electrons.